The smallest absolute Gasteiger partial charge is 0.323 e. The Bertz CT molecular complexity index is 1570. The number of amides is 2. The number of nitrogens with one attached hydrogen (secondary N) is 2. The average Bonchev–Trinajstić information content (AvgIpc) is 2.98. The third-order valence-corrected chi connectivity index (χ3v) is 6.11. The number of anilines is 3. The van der Waals surface area contributed by atoms with Gasteiger partial charge in [0.15, 0.2) is 11.6 Å². The van der Waals surface area contributed by atoms with Crippen molar-refractivity contribution in [1.82, 2.24) is 24.9 Å². The number of nitrogens with zero attached hydrogens (tertiary/aromatic N) is 6. The van der Waals surface area contributed by atoms with Crippen LogP contribution in [-0.4, -0.2) is 57.3 Å². The summed E-state index contributed by atoms with van der Waals surface area (Å²) >= 11 is 0. The molecule has 5 aromatic rings. The Morgan fingerprint density at radius 2 is 1.47 bits per heavy atom. The van der Waals surface area contributed by atoms with Crippen LogP contribution in [0.25, 0.3) is 33.7 Å². The largest absolute Gasteiger partial charge is 0.378 e. The first-order valence-corrected chi connectivity index (χ1v) is 12.2. The Balaban J connectivity index is 1.30. The van der Waals surface area contributed by atoms with Gasteiger partial charge in [0, 0.05) is 59.6 Å². The predicted molar refractivity (Wildman–Crippen MR) is 146 cm³/mol. The number of fused-ring (bicyclic) bond motifs is 1. The molecule has 1 fully saturated rings. The molecule has 4 heterocycles. The van der Waals surface area contributed by atoms with E-state index in [-0.39, 0.29) is 6.03 Å². The van der Waals surface area contributed by atoms with Crippen molar-refractivity contribution >= 4 is 34.3 Å². The van der Waals surface area contributed by atoms with Crippen LogP contribution in [-0.2, 0) is 4.74 Å². The minimum atomic E-state index is -0.343. The Labute approximate surface area is 218 Å². The SMILES string of the molecule is O=C(Nc1ccncc1)Nc1ccc(-c2nc(-c3cnc4ccccc4c3)nc(N3CCOCC3)n2)cc1. The van der Waals surface area contributed by atoms with Crippen LogP contribution in [0, 0.1) is 0 Å². The van der Waals surface area contributed by atoms with Gasteiger partial charge in [0.2, 0.25) is 5.95 Å². The summed E-state index contributed by atoms with van der Waals surface area (Å²) in [5, 5.41) is 6.62. The van der Waals surface area contributed by atoms with Gasteiger partial charge in [-0.2, -0.15) is 9.97 Å². The zero-order valence-corrected chi connectivity index (χ0v) is 20.4. The van der Waals surface area contributed by atoms with Gasteiger partial charge in [-0.05, 0) is 48.5 Å². The second kappa shape index (κ2) is 10.6. The highest BCUT2D eigenvalue weighted by Crippen LogP contribution is 2.26. The van der Waals surface area contributed by atoms with Crippen molar-refractivity contribution in [3.63, 3.8) is 0 Å². The van der Waals surface area contributed by atoms with Gasteiger partial charge in [0.05, 0.1) is 18.7 Å². The third kappa shape index (κ3) is 5.25. The number of morpholine rings is 1. The van der Waals surface area contributed by atoms with Gasteiger partial charge < -0.3 is 20.3 Å². The van der Waals surface area contributed by atoms with E-state index in [9.17, 15) is 4.79 Å². The molecule has 0 radical (unpaired) electrons. The van der Waals surface area contributed by atoms with Gasteiger partial charge >= 0.3 is 6.03 Å². The summed E-state index contributed by atoms with van der Waals surface area (Å²) in [7, 11) is 0. The van der Waals surface area contributed by atoms with E-state index >= 15 is 0 Å². The molecule has 0 atom stereocenters. The predicted octanol–water partition coefficient (Wildman–Crippen LogP) is 4.63. The first-order chi connectivity index (χ1) is 18.7. The Morgan fingerprint density at radius 3 is 2.24 bits per heavy atom. The van der Waals surface area contributed by atoms with Crippen LogP contribution >= 0.6 is 0 Å². The molecule has 2 amide bonds. The first kappa shape index (κ1) is 23.4. The van der Waals surface area contributed by atoms with E-state index in [1.54, 1.807) is 30.7 Å². The molecule has 0 bridgehead atoms. The van der Waals surface area contributed by atoms with Crippen LogP contribution in [0.2, 0.25) is 0 Å². The van der Waals surface area contributed by atoms with Gasteiger partial charge in [-0.1, -0.05) is 18.2 Å². The van der Waals surface area contributed by atoms with Crippen LogP contribution in [0.4, 0.5) is 22.1 Å². The van der Waals surface area contributed by atoms with Crippen molar-refractivity contribution in [2.24, 2.45) is 0 Å². The summed E-state index contributed by atoms with van der Waals surface area (Å²) in [6, 6.07) is 20.5. The molecule has 188 valence electrons. The maximum absolute atomic E-state index is 12.4. The highest BCUT2D eigenvalue weighted by molar-refractivity contribution is 5.99. The highest BCUT2D eigenvalue weighted by Gasteiger charge is 2.18. The summed E-state index contributed by atoms with van der Waals surface area (Å²) < 4.78 is 5.52. The van der Waals surface area contributed by atoms with Crippen LogP contribution in [0.1, 0.15) is 0 Å². The molecule has 38 heavy (non-hydrogen) atoms. The lowest BCUT2D eigenvalue weighted by molar-refractivity contribution is 0.122. The van der Waals surface area contributed by atoms with E-state index in [4.69, 9.17) is 19.7 Å². The number of hydrogen-bond acceptors (Lipinski definition) is 8. The fourth-order valence-electron chi connectivity index (χ4n) is 4.15. The topological polar surface area (TPSA) is 118 Å². The van der Waals surface area contributed by atoms with Crippen LogP contribution in [0.5, 0.6) is 0 Å². The normalized spacial score (nSPS) is 13.3. The zero-order valence-electron chi connectivity index (χ0n) is 20.4. The zero-order chi connectivity index (χ0) is 25.7. The van der Waals surface area contributed by atoms with E-state index in [0.717, 1.165) is 22.0 Å². The number of rotatable bonds is 5. The number of pyridine rings is 2. The average molecular weight is 505 g/mol. The number of benzene rings is 2. The second-order valence-corrected chi connectivity index (χ2v) is 8.69. The molecule has 1 aliphatic heterocycles. The highest BCUT2D eigenvalue weighted by atomic mass is 16.5. The molecule has 2 aromatic carbocycles. The lowest BCUT2D eigenvalue weighted by Gasteiger charge is -2.27. The molecule has 10 nitrogen and oxygen atoms in total. The third-order valence-electron chi connectivity index (χ3n) is 6.11. The molecule has 1 saturated heterocycles. The maximum atomic E-state index is 12.4. The van der Waals surface area contributed by atoms with E-state index < -0.39 is 0 Å². The van der Waals surface area contributed by atoms with Crippen molar-refractivity contribution in [3.05, 3.63) is 85.3 Å². The van der Waals surface area contributed by atoms with Crippen LogP contribution < -0.4 is 15.5 Å². The van der Waals surface area contributed by atoms with Crippen molar-refractivity contribution in [3.8, 4) is 22.8 Å². The van der Waals surface area contributed by atoms with E-state index in [1.165, 1.54) is 0 Å². The van der Waals surface area contributed by atoms with Crippen LogP contribution in [0.3, 0.4) is 0 Å². The second-order valence-electron chi connectivity index (χ2n) is 8.69. The molecule has 0 spiro atoms. The molecule has 6 rings (SSSR count). The number of para-hydroxylation sites is 1. The number of hydrogen-bond donors (Lipinski definition) is 2. The Morgan fingerprint density at radius 1 is 0.789 bits per heavy atom. The number of urea groups is 1. The number of ether oxygens (including phenoxy) is 1. The quantitative estimate of drug-likeness (QED) is 0.356. The number of aromatic nitrogens is 5. The molecule has 0 unspecified atom stereocenters. The molecule has 3 aromatic heterocycles. The van der Waals surface area contributed by atoms with E-state index in [0.29, 0.717) is 55.3 Å². The lowest BCUT2D eigenvalue weighted by Crippen LogP contribution is -2.37. The van der Waals surface area contributed by atoms with Crippen molar-refractivity contribution in [2.75, 3.05) is 41.8 Å². The van der Waals surface area contributed by atoms with Crippen molar-refractivity contribution < 1.29 is 9.53 Å². The van der Waals surface area contributed by atoms with Gasteiger partial charge in [-0.3, -0.25) is 9.97 Å². The summed E-state index contributed by atoms with van der Waals surface area (Å²) in [5.74, 6) is 1.69. The number of carbonyl (C=O) groups excluding carboxylic acids is 1. The molecular formula is C28H24N8O2. The maximum Gasteiger partial charge on any atom is 0.323 e. The molecule has 2 N–H and O–H groups in total. The fraction of sp³-hybridized carbons (Fsp3) is 0.143. The lowest BCUT2D eigenvalue weighted by atomic mass is 10.1. The summed E-state index contributed by atoms with van der Waals surface area (Å²) in [6.07, 6.45) is 5.03. The summed E-state index contributed by atoms with van der Waals surface area (Å²) in [6.45, 7) is 2.65. The standard InChI is InChI=1S/C28H24N8O2/c37-28(32-23-9-11-29-12-10-23)31-22-7-5-19(6-8-22)25-33-26(35-27(34-25)36-13-15-38-16-14-36)21-17-20-3-1-2-4-24(20)30-18-21/h1-12,17-18H,13-16H2,(H2,29,31,32,37). The summed E-state index contributed by atoms with van der Waals surface area (Å²) in [5.41, 5.74) is 3.83. The Hall–Kier alpha value is -4.96. The van der Waals surface area contributed by atoms with Gasteiger partial charge in [-0.15, -0.1) is 0 Å². The molecule has 1 aliphatic rings. The van der Waals surface area contributed by atoms with Crippen LogP contribution in [0.15, 0.2) is 85.3 Å². The van der Waals surface area contributed by atoms with E-state index in [2.05, 4.69) is 25.5 Å². The molecule has 10 heteroatoms. The molecule has 0 saturated carbocycles. The fourth-order valence-corrected chi connectivity index (χ4v) is 4.15. The van der Waals surface area contributed by atoms with Gasteiger partial charge in [-0.25, -0.2) is 9.78 Å². The van der Waals surface area contributed by atoms with E-state index in [1.807, 2.05) is 54.6 Å². The van der Waals surface area contributed by atoms with Gasteiger partial charge in [0.1, 0.15) is 0 Å². The van der Waals surface area contributed by atoms with Gasteiger partial charge in [0.25, 0.3) is 0 Å². The molecular weight excluding hydrogens is 480 g/mol. The number of carbonyl (C=O) groups is 1. The summed E-state index contributed by atoms with van der Waals surface area (Å²) in [4.78, 5) is 37.4. The monoisotopic (exact) mass is 504 g/mol. The minimum Gasteiger partial charge on any atom is -0.378 e. The van der Waals surface area contributed by atoms with Crippen molar-refractivity contribution in [2.45, 2.75) is 0 Å². The molecule has 0 aliphatic carbocycles. The van der Waals surface area contributed by atoms with Crippen molar-refractivity contribution in [1.29, 1.82) is 0 Å². The minimum absolute atomic E-state index is 0.343. The Kier molecular flexibility index (Phi) is 6.52. The first-order valence-electron chi connectivity index (χ1n) is 12.2.